The van der Waals surface area contributed by atoms with E-state index in [1.165, 1.54) is 36.7 Å². The van der Waals surface area contributed by atoms with Crippen LogP contribution in [0.2, 0.25) is 0 Å². The predicted molar refractivity (Wildman–Crippen MR) is 91.1 cm³/mol. The van der Waals surface area contributed by atoms with E-state index in [-0.39, 0.29) is 11.1 Å². The average Bonchev–Trinajstić information content (AvgIpc) is 2.68. The molecule has 0 radical (unpaired) electrons. The molecule has 11 heteroatoms. The average molecular weight is 402 g/mol. The molecule has 0 bridgehead atoms. The maximum atomic E-state index is 11.9. The number of carboxylic acids is 1. The Bertz CT molecular complexity index is 861. The summed E-state index contributed by atoms with van der Waals surface area (Å²) in [4.78, 5) is 65.9. The smallest absolute Gasteiger partial charge is 0.347 e. The van der Waals surface area contributed by atoms with Gasteiger partial charge < -0.3 is 19.7 Å². The maximum Gasteiger partial charge on any atom is 0.347 e. The van der Waals surface area contributed by atoms with E-state index < -0.39 is 48.3 Å². The number of carboxylic acid groups (broad SMARTS) is 1. The van der Waals surface area contributed by atoms with Gasteiger partial charge >= 0.3 is 29.8 Å². The molecule has 0 unspecified atom stereocenters. The van der Waals surface area contributed by atoms with Gasteiger partial charge in [-0.05, 0) is 24.3 Å². The lowest BCUT2D eigenvalue weighted by atomic mass is 9.96. The van der Waals surface area contributed by atoms with Gasteiger partial charge in [-0.3, -0.25) is 19.6 Å². The Morgan fingerprint density at radius 3 is 1.55 bits per heavy atom. The van der Waals surface area contributed by atoms with Crippen molar-refractivity contribution in [3.05, 3.63) is 60.2 Å². The second-order valence-electron chi connectivity index (χ2n) is 5.70. The van der Waals surface area contributed by atoms with Crippen LogP contribution in [0.3, 0.4) is 0 Å². The monoisotopic (exact) mass is 402 g/mol. The second kappa shape index (κ2) is 9.28. The van der Waals surface area contributed by atoms with E-state index in [4.69, 9.17) is 0 Å². The van der Waals surface area contributed by atoms with E-state index in [2.05, 4.69) is 19.4 Å². The third-order valence-corrected chi connectivity index (χ3v) is 3.48. The van der Waals surface area contributed by atoms with Gasteiger partial charge in [0.25, 0.3) is 0 Å². The van der Waals surface area contributed by atoms with Crippen LogP contribution in [-0.4, -0.2) is 55.6 Å². The van der Waals surface area contributed by atoms with Gasteiger partial charge in [0.05, 0.1) is 24.0 Å². The van der Waals surface area contributed by atoms with E-state index in [9.17, 15) is 34.2 Å². The third kappa shape index (κ3) is 6.01. The number of ether oxygens (including phenoxy) is 2. The normalized spacial score (nSPS) is 10.7. The maximum absolute atomic E-state index is 11.9. The molecule has 29 heavy (non-hydrogen) atoms. The molecule has 0 aliphatic rings. The summed E-state index contributed by atoms with van der Waals surface area (Å²) in [6, 6.07) is 5.41. The highest BCUT2D eigenvalue weighted by Gasteiger charge is 2.43. The zero-order chi connectivity index (χ0) is 21.4. The van der Waals surface area contributed by atoms with Crippen molar-refractivity contribution in [3.63, 3.8) is 0 Å². The minimum Gasteiger partial charge on any atom is -0.479 e. The van der Waals surface area contributed by atoms with Crippen LogP contribution >= 0.6 is 0 Å². The molecule has 0 aromatic carbocycles. The number of pyridine rings is 2. The van der Waals surface area contributed by atoms with Crippen LogP contribution in [0.15, 0.2) is 49.1 Å². The van der Waals surface area contributed by atoms with Crippen LogP contribution in [0.1, 0.15) is 33.6 Å². The summed E-state index contributed by atoms with van der Waals surface area (Å²) in [6.45, 7) is 0. The number of esters is 4. The Balaban J connectivity index is 2.00. The lowest BCUT2D eigenvalue weighted by Crippen LogP contribution is -2.44. The number of rotatable bonds is 7. The van der Waals surface area contributed by atoms with Gasteiger partial charge in [-0.25, -0.2) is 14.4 Å². The predicted octanol–water partition coefficient (Wildman–Crippen LogP) is 0.139. The molecule has 2 heterocycles. The van der Waals surface area contributed by atoms with Crippen molar-refractivity contribution in [2.75, 3.05) is 0 Å². The molecule has 0 aliphatic heterocycles. The minimum atomic E-state index is -2.96. The number of hydrogen-bond acceptors (Lipinski definition) is 10. The summed E-state index contributed by atoms with van der Waals surface area (Å²) in [5.74, 6) is -7.00. The van der Waals surface area contributed by atoms with Crippen LogP contribution in [-0.2, 0) is 23.9 Å². The number of aliphatic hydroxyl groups is 1. The standard InChI is InChI=1S/C18H14N2O9/c21-13(28-15(23)11-3-1-5-19-9-11)7-18(27,17(25)26)8-14(22)29-16(24)12-4-2-6-20-10-12/h1-6,9-10,27H,7-8H2,(H,25,26). The van der Waals surface area contributed by atoms with Gasteiger partial charge in [0.15, 0.2) is 5.60 Å². The number of nitrogens with zero attached hydrogens (tertiary/aromatic N) is 2. The van der Waals surface area contributed by atoms with Crippen LogP contribution in [0.25, 0.3) is 0 Å². The minimum absolute atomic E-state index is 0.0822. The van der Waals surface area contributed by atoms with Crippen molar-refractivity contribution in [1.29, 1.82) is 0 Å². The molecule has 11 nitrogen and oxygen atoms in total. The summed E-state index contributed by atoms with van der Waals surface area (Å²) in [5, 5.41) is 19.3. The van der Waals surface area contributed by atoms with Gasteiger partial charge in [0, 0.05) is 24.8 Å². The van der Waals surface area contributed by atoms with Crippen molar-refractivity contribution in [2.24, 2.45) is 0 Å². The molecule has 2 N–H and O–H groups in total. The third-order valence-electron chi connectivity index (χ3n) is 3.48. The lowest BCUT2D eigenvalue weighted by molar-refractivity contribution is -0.170. The Hall–Kier alpha value is -3.99. The summed E-state index contributed by atoms with van der Waals surface area (Å²) in [7, 11) is 0. The van der Waals surface area contributed by atoms with Gasteiger partial charge in [0.2, 0.25) is 0 Å². The van der Waals surface area contributed by atoms with E-state index in [1.54, 1.807) is 0 Å². The molecular weight excluding hydrogens is 388 g/mol. The molecule has 0 amide bonds. The molecule has 0 atom stereocenters. The first-order chi connectivity index (χ1) is 13.7. The highest BCUT2D eigenvalue weighted by molar-refractivity contribution is 6.00. The quantitative estimate of drug-likeness (QED) is 0.477. The molecule has 0 saturated heterocycles. The SMILES string of the molecule is O=C(CC(O)(CC(=O)OC(=O)c1cccnc1)C(=O)O)OC(=O)c1cccnc1. The summed E-state index contributed by atoms with van der Waals surface area (Å²) in [6.07, 6.45) is 2.48. The largest absolute Gasteiger partial charge is 0.479 e. The van der Waals surface area contributed by atoms with Crippen molar-refractivity contribution in [2.45, 2.75) is 18.4 Å². The van der Waals surface area contributed by atoms with E-state index in [0.717, 1.165) is 12.4 Å². The summed E-state index contributed by atoms with van der Waals surface area (Å²) >= 11 is 0. The van der Waals surface area contributed by atoms with E-state index in [0.29, 0.717) is 0 Å². The molecule has 2 aromatic heterocycles. The van der Waals surface area contributed by atoms with E-state index >= 15 is 0 Å². The van der Waals surface area contributed by atoms with Gasteiger partial charge in [-0.15, -0.1) is 0 Å². The van der Waals surface area contributed by atoms with Crippen molar-refractivity contribution in [3.8, 4) is 0 Å². The Kier molecular flexibility index (Phi) is 6.82. The molecular formula is C18H14N2O9. The molecule has 2 rings (SSSR count). The Labute approximate surface area is 162 Å². The second-order valence-corrected chi connectivity index (χ2v) is 5.70. The summed E-state index contributed by atoms with van der Waals surface area (Å²) in [5.41, 5.74) is -3.12. The lowest BCUT2D eigenvalue weighted by Gasteiger charge is -2.20. The van der Waals surface area contributed by atoms with Gasteiger partial charge in [0.1, 0.15) is 0 Å². The van der Waals surface area contributed by atoms with Crippen LogP contribution in [0.4, 0.5) is 0 Å². The highest BCUT2D eigenvalue weighted by atomic mass is 16.6. The molecule has 150 valence electrons. The number of aromatic nitrogens is 2. The van der Waals surface area contributed by atoms with Crippen LogP contribution < -0.4 is 0 Å². The van der Waals surface area contributed by atoms with Crippen LogP contribution in [0.5, 0.6) is 0 Å². The first-order valence-corrected chi connectivity index (χ1v) is 7.97. The number of hydrogen-bond donors (Lipinski definition) is 2. The molecule has 0 spiro atoms. The Morgan fingerprint density at radius 2 is 1.24 bits per heavy atom. The Morgan fingerprint density at radius 1 is 0.828 bits per heavy atom. The molecule has 0 aliphatic carbocycles. The number of aliphatic carboxylic acids is 1. The van der Waals surface area contributed by atoms with Crippen molar-refractivity contribution < 1.29 is 43.7 Å². The number of carbonyl (C=O) groups excluding carboxylic acids is 4. The summed E-state index contributed by atoms with van der Waals surface area (Å²) < 4.78 is 8.89. The fraction of sp³-hybridized carbons (Fsp3) is 0.167. The fourth-order valence-electron chi connectivity index (χ4n) is 2.06. The molecule has 2 aromatic rings. The first-order valence-electron chi connectivity index (χ1n) is 7.97. The molecule has 0 fully saturated rings. The van der Waals surface area contributed by atoms with Gasteiger partial charge in [-0.1, -0.05) is 0 Å². The zero-order valence-corrected chi connectivity index (χ0v) is 14.7. The van der Waals surface area contributed by atoms with E-state index in [1.807, 2.05) is 0 Å². The highest BCUT2D eigenvalue weighted by Crippen LogP contribution is 2.19. The fourth-order valence-corrected chi connectivity index (χ4v) is 2.06. The zero-order valence-electron chi connectivity index (χ0n) is 14.7. The van der Waals surface area contributed by atoms with Crippen molar-refractivity contribution >= 4 is 29.8 Å². The topological polar surface area (TPSA) is 170 Å². The van der Waals surface area contributed by atoms with Crippen molar-refractivity contribution in [1.82, 2.24) is 9.97 Å². The van der Waals surface area contributed by atoms with Gasteiger partial charge in [-0.2, -0.15) is 0 Å². The molecule has 0 saturated carbocycles. The first kappa shape index (κ1) is 21.3. The van der Waals surface area contributed by atoms with Crippen LogP contribution in [0, 0.1) is 0 Å². The number of carbonyl (C=O) groups is 5.